The molecule has 8 unspecified atom stereocenters. The molecule has 0 aromatic carbocycles. The minimum Gasteiger partial charge on any atom is -0.429 e. The van der Waals surface area contributed by atoms with Crippen molar-refractivity contribution in [2.24, 2.45) is 34.5 Å². The van der Waals surface area contributed by atoms with E-state index in [2.05, 4.69) is 26.8 Å². The van der Waals surface area contributed by atoms with Crippen molar-refractivity contribution < 1.29 is 19.4 Å². The third kappa shape index (κ3) is 3.54. The van der Waals surface area contributed by atoms with Crippen LogP contribution in [0.5, 0.6) is 0 Å². The van der Waals surface area contributed by atoms with Crippen LogP contribution in [0.25, 0.3) is 0 Å². The smallest absolute Gasteiger partial charge is 0.429 e. The van der Waals surface area contributed by atoms with Crippen molar-refractivity contribution in [1.82, 2.24) is 0 Å². The predicted molar refractivity (Wildman–Crippen MR) is 113 cm³/mol. The van der Waals surface area contributed by atoms with Crippen LogP contribution in [0, 0.1) is 34.5 Å². The summed E-state index contributed by atoms with van der Waals surface area (Å²) in [6.07, 6.45) is 8.75. The van der Waals surface area contributed by atoms with Crippen LogP contribution in [0.1, 0.15) is 86.5 Å². The van der Waals surface area contributed by atoms with Crippen LogP contribution in [-0.4, -0.2) is 29.1 Å². The van der Waals surface area contributed by atoms with E-state index in [0.29, 0.717) is 29.6 Å². The van der Waals surface area contributed by atoms with Crippen LogP contribution >= 0.6 is 0 Å². The second kappa shape index (κ2) is 7.00. The first-order valence-corrected chi connectivity index (χ1v) is 11.7. The molecular formula is C25H40O4. The van der Waals surface area contributed by atoms with Crippen LogP contribution in [0.15, 0.2) is 11.6 Å². The maximum atomic E-state index is 12.6. The van der Waals surface area contributed by atoms with Gasteiger partial charge in [0.25, 0.3) is 0 Å². The van der Waals surface area contributed by atoms with E-state index >= 15 is 0 Å². The number of carbonyl (C=O) groups is 1. The van der Waals surface area contributed by atoms with Crippen LogP contribution < -0.4 is 0 Å². The summed E-state index contributed by atoms with van der Waals surface area (Å²) in [7, 11) is 0. The maximum absolute atomic E-state index is 12.6. The van der Waals surface area contributed by atoms with E-state index in [1.54, 1.807) is 0 Å². The monoisotopic (exact) mass is 404 g/mol. The first-order valence-electron chi connectivity index (χ1n) is 11.7. The van der Waals surface area contributed by atoms with E-state index in [9.17, 15) is 9.90 Å². The number of ether oxygens (including phenoxy) is 2. The van der Waals surface area contributed by atoms with Gasteiger partial charge < -0.3 is 14.6 Å². The van der Waals surface area contributed by atoms with Crippen LogP contribution in [0.3, 0.4) is 0 Å². The minimum atomic E-state index is -0.559. The van der Waals surface area contributed by atoms with E-state index in [0.717, 1.165) is 18.8 Å². The van der Waals surface area contributed by atoms with Gasteiger partial charge in [0.2, 0.25) is 0 Å². The summed E-state index contributed by atoms with van der Waals surface area (Å²) in [5, 5.41) is 10.3. The Kier molecular flexibility index (Phi) is 5.12. The number of aliphatic hydroxyl groups excluding tert-OH is 1. The molecule has 0 bridgehead atoms. The highest BCUT2D eigenvalue weighted by molar-refractivity contribution is 5.61. The molecule has 0 amide bonds. The Balaban J connectivity index is 1.70. The summed E-state index contributed by atoms with van der Waals surface area (Å²) in [4.78, 5) is 12.6. The number of carbonyl (C=O) groups excluding carboxylic acids is 1. The number of aliphatic hydroxyl groups is 1. The molecule has 29 heavy (non-hydrogen) atoms. The van der Waals surface area contributed by atoms with Crippen molar-refractivity contribution >= 4 is 6.16 Å². The fraction of sp³-hybridized carbons (Fsp3) is 0.880. The number of hydrogen-bond donors (Lipinski definition) is 1. The van der Waals surface area contributed by atoms with Gasteiger partial charge in [-0.15, -0.1) is 0 Å². The van der Waals surface area contributed by atoms with Gasteiger partial charge in [-0.3, -0.25) is 0 Å². The Bertz CT molecular complexity index is 691. The molecule has 3 fully saturated rings. The van der Waals surface area contributed by atoms with Crippen LogP contribution in [0.4, 0.5) is 4.79 Å². The zero-order chi connectivity index (χ0) is 21.2. The van der Waals surface area contributed by atoms with Gasteiger partial charge in [-0.2, -0.15) is 0 Å². The standard InChI is InChI=1S/C25H40O4/c1-15-7-8-18-21-19(10-12-24(15,18)5)25(6)11-9-17(26)13-16(25)14-20(21)28-22(27)29-23(2,3)4/h14-15,17-21,26H,7-13H2,1-6H3. The zero-order valence-corrected chi connectivity index (χ0v) is 19.2. The third-order valence-electron chi connectivity index (χ3n) is 9.18. The molecule has 0 heterocycles. The first kappa shape index (κ1) is 21.2. The average Bonchev–Trinajstić information content (AvgIpc) is 2.90. The van der Waals surface area contributed by atoms with Gasteiger partial charge in [-0.25, -0.2) is 4.79 Å². The molecule has 3 saturated carbocycles. The summed E-state index contributed by atoms with van der Waals surface area (Å²) in [6, 6.07) is 0. The Morgan fingerprint density at radius 1 is 1.10 bits per heavy atom. The van der Waals surface area contributed by atoms with Gasteiger partial charge >= 0.3 is 6.16 Å². The molecule has 4 nitrogen and oxygen atoms in total. The van der Waals surface area contributed by atoms with Crippen molar-refractivity contribution in [3.63, 3.8) is 0 Å². The minimum absolute atomic E-state index is 0.130. The second-order valence-electron chi connectivity index (χ2n) is 11.9. The number of rotatable bonds is 1. The van der Waals surface area contributed by atoms with Crippen molar-refractivity contribution in [3.8, 4) is 0 Å². The molecule has 0 aliphatic heterocycles. The zero-order valence-electron chi connectivity index (χ0n) is 19.2. The normalized spacial score (nSPS) is 46.8. The highest BCUT2D eigenvalue weighted by Crippen LogP contribution is 2.66. The third-order valence-corrected chi connectivity index (χ3v) is 9.18. The van der Waals surface area contributed by atoms with Crippen LogP contribution in [0.2, 0.25) is 0 Å². The van der Waals surface area contributed by atoms with Crippen LogP contribution in [-0.2, 0) is 9.47 Å². The van der Waals surface area contributed by atoms with Gasteiger partial charge in [-0.05, 0) is 100 Å². The molecule has 4 rings (SSSR count). The van der Waals surface area contributed by atoms with Gasteiger partial charge in [-0.1, -0.05) is 26.3 Å². The molecular weight excluding hydrogens is 364 g/mol. The molecule has 1 N–H and O–H groups in total. The lowest BCUT2D eigenvalue weighted by Crippen LogP contribution is -2.55. The van der Waals surface area contributed by atoms with E-state index < -0.39 is 11.8 Å². The molecule has 4 aliphatic rings. The van der Waals surface area contributed by atoms with Gasteiger partial charge in [0.1, 0.15) is 11.7 Å². The largest absolute Gasteiger partial charge is 0.509 e. The highest BCUT2D eigenvalue weighted by Gasteiger charge is 2.60. The van der Waals surface area contributed by atoms with E-state index in [-0.39, 0.29) is 17.6 Å². The summed E-state index contributed by atoms with van der Waals surface area (Å²) in [6.45, 7) is 12.9. The maximum Gasteiger partial charge on any atom is 0.509 e. The summed E-state index contributed by atoms with van der Waals surface area (Å²) in [5.41, 5.74) is 1.22. The second-order valence-corrected chi connectivity index (χ2v) is 11.9. The topological polar surface area (TPSA) is 55.8 Å². The first-order chi connectivity index (χ1) is 13.4. The highest BCUT2D eigenvalue weighted by atomic mass is 16.7. The van der Waals surface area contributed by atoms with E-state index in [4.69, 9.17) is 9.47 Å². The Morgan fingerprint density at radius 2 is 1.83 bits per heavy atom. The van der Waals surface area contributed by atoms with E-state index in [1.165, 1.54) is 31.3 Å². The van der Waals surface area contributed by atoms with E-state index in [1.807, 2.05) is 20.8 Å². The molecule has 164 valence electrons. The van der Waals surface area contributed by atoms with Crippen molar-refractivity contribution in [2.75, 3.05) is 0 Å². The molecule has 0 aromatic rings. The average molecular weight is 405 g/mol. The molecule has 4 aliphatic carbocycles. The lowest BCUT2D eigenvalue weighted by molar-refractivity contribution is -0.108. The molecule has 0 saturated heterocycles. The van der Waals surface area contributed by atoms with Crippen molar-refractivity contribution in [1.29, 1.82) is 0 Å². The Hall–Kier alpha value is -1.03. The molecule has 4 heteroatoms. The Morgan fingerprint density at radius 3 is 2.52 bits per heavy atom. The Labute approximate surface area is 176 Å². The van der Waals surface area contributed by atoms with Crippen molar-refractivity contribution in [2.45, 2.75) is 104 Å². The summed E-state index contributed by atoms with van der Waals surface area (Å²) >= 11 is 0. The fourth-order valence-corrected chi connectivity index (χ4v) is 7.36. The predicted octanol–water partition coefficient (Wildman–Crippen LogP) is 5.88. The SMILES string of the molecule is CC1CCC2C3C(OC(=O)OC(C)(C)C)C=C4CC(O)CCC4(C)C3CCC12C. The van der Waals surface area contributed by atoms with Gasteiger partial charge in [0, 0.05) is 5.92 Å². The number of fused-ring (bicyclic) bond motifs is 5. The van der Waals surface area contributed by atoms with Gasteiger partial charge in [0.05, 0.1) is 6.10 Å². The quantitative estimate of drug-likeness (QED) is 0.438. The summed E-state index contributed by atoms with van der Waals surface area (Å²) in [5.74, 6) is 2.19. The molecule has 0 radical (unpaired) electrons. The number of hydrogen-bond acceptors (Lipinski definition) is 4. The summed E-state index contributed by atoms with van der Waals surface area (Å²) < 4.78 is 11.6. The molecule has 0 spiro atoms. The molecule has 0 aromatic heterocycles. The van der Waals surface area contributed by atoms with Crippen molar-refractivity contribution in [3.05, 3.63) is 11.6 Å². The lowest BCUT2D eigenvalue weighted by atomic mass is 9.47. The fourth-order valence-electron chi connectivity index (χ4n) is 7.36. The molecule has 8 atom stereocenters. The van der Waals surface area contributed by atoms with Gasteiger partial charge in [0.15, 0.2) is 0 Å². The lowest BCUT2D eigenvalue weighted by Gasteiger charge is -2.59.